The fourth-order valence-electron chi connectivity index (χ4n) is 1.87. The summed E-state index contributed by atoms with van der Waals surface area (Å²) in [5.41, 5.74) is -0.0925. The van der Waals surface area contributed by atoms with Gasteiger partial charge in [0.15, 0.2) is 0 Å². The number of hydrogen-bond acceptors (Lipinski definition) is 2. The second-order valence-corrected chi connectivity index (χ2v) is 6.54. The Kier molecular flexibility index (Phi) is 8.89. The highest BCUT2D eigenvalue weighted by atomic mass is 16.5. The average Bonchev–Trinajstić information content (AvgIpc) is 2.20. The predicted octanol–water partition coefficient (Wildman–Crippen LogP) is 4.63. The Labute approximate surface area is 114 Å². The van der Waals surface area contributed by atoms with Crippen molar-refractivity contribution in [2.24, 2.45) is 5.92 Å². The molecule has 0 aliphatic heterocycles. The van der Waals surface area contributed by atoms with E-state index in [0.29, 0.717) is 12.0 Å². The zero-order valence-electron chi connectivity index (χ0n) is 13.3. The van der Waals surface area contributed by atoms with Crippen LogP contribution in [0.4, 0.5) is 0 Å². The Bertz CT molecular complexity index is 194. The molecule has 2 atom stereocenters. The molecule has 0 saturated heterocycles. The molecule has 0 amide bonds. The maximum absolute atomic E-state index is 5.87. The van der Waals surface area contributed by atoms with Crippen molar-refractivity contribution in [2.45, 2.75) is 85.0 Å². The van der Waals surface area contributed by atoms with Crippen LogP contribution >= 0.6 is 0 Å². The lowest BCUT2D eigenvalue weighted by molar-refractivity contribution is -0.0451. The smallest absolute Gasteiger partial charge is 0.0602 e. The first-order chi connectivity index (χ1) is 8.24. The average molecular weight is 257 g/mol. The Balaban J connectivity index is 3.73. The normalized spacial score (nSPS) is 16.0. The largest absolute Gasteiger partial charge is 0.378 e. The summed E-state index contributed by atoms with van der Waals surface area (Å²) in [5.74, 6) is 0.615. The molecule has 0 fully saturated rings. The molecule has 2 unspecified atom stereocenters. The molecule has 0 N–H and O–H groups in total. The quantitative estimate of drug-likeness (QED) is 0.600. The minimum Gasteiger partial charge on any atom is -0.378 e. The molecule has 0 spiro atoms. The lowest BCUT2D eigenvalue weighted by atomic mass is 10.1. The first kappa shape index (κ1) is 17.9. The van der Waals surface area contributed by atoms with E-state index in [1.165, 1.54) is 0 Å². The molecule has 2 heteroatoms. The monoisotopic (exact) mass is 257 g/mol. The van der Waals surface area contributed by atoms with Crippen molar-refractivity contribution in [3.8, 4) is 0 Å². The summed E-state index contributed by atoms with van der Waals surface area (Å²) < 4.78 is 11.7. The molecular weight excluding hydrogens is 224 g/mol. The molecule has 0 aromatic carbocycles. The van der Waals surface area contributed by atoms with Gasteiger partial charge in [0.2, 0.25) is 0 Å². The third-order valence-electron chi connectivity index (χ3n) is 2.69. The molecule has 0 aliphatic carbocycles. The van der Waals surface area contributed by atoms with Gasteiger partial charge < -0.3 is 9.47 Å². The van der Waals surface area contributed by atoms with Crippen LogP contribution in [0.5, 0.6) is 0 Å². The van der Waals surface area contributed by atoms with Gasteiger partial charge in [0.1, 0.15) is 0 Å². The Morgan fingerprint density at radius 1 is 1.11 bits per heavy atom. The molecule has 109 valence electrons. The topological polar surface area (TPSA) is 18.5 Å². The van der Waals surface area contributed by atoms with E-state index in [9.17, 15) is 0 Å². The zero-order valence-corrected chi connectivity index (χ0v) is 13.3. The lowest BCUT2D eigenvalue weighted by Gasteiger charge is -2.25. The fourth-order valence-corrected chi connectivity index (χ4v) is 1.87. The van der Waals surface area contributed by atoms with Crippen LogP contribution in [0, 0.1) is 12.8 Å². The van der Waals surface area contributed by atoms with Crippen LogP contribution in [0.2, 0.25) is 0 Å². The number of hydrogen-bond donors (Lipinski definition) is 0. The van der Waals surface area contributed by atoms with Gasteiger partial charge in [0.05, 0.1) is 17.8 Å². The van der Waals surface area contributed by atoms with Gasteiger partial charge in [-0.2, -0.15) is 0 Å². The van der Waals surface area contributed by atoms with Crippen LogP contribution < -0.4 is 0 Å². The van der Waals surface area contributed by atoms with E-state index in [2.05, 4.69) is 48.5 Å². The molecule has 18 heavy (non-hydrogen) atoms. The molecule has 0 saturated carbocycles. The highest BCUT2D eigenvalue weighted by Crippen LogP contribution is 2.16. The third kappa shape index (κ3) is 11.0. The van der Waals surface area contributed by atoms with Crippen molar-refractivity contribution in [2.75, 3.05) is 6.61 Å². The highest BCUT2D eigenvalue weighted by molar-refractivity contribution is 4.69. The third-order valence-corrected chi connectivity index (χ3v) is 2.69. The summed E-state index contributed by atoms with van der Waals surface area (Å²) in [4.78, 5) is 0. The summed E-state index contributed by atoms with van der Waals surface area (Å²) >= 11 is 0. The first-order valence-corrected chi connectivity index (χ1v) is 7.37. The van der Waals surface area contributed by atoms with E-state index < -0.39 is 0 Å². The number of rotatable bonds is 9. The Hall–Kier alpha value is -0.0800. The molecule has 0 bridgehead atoms. The van der Waals surface area contributed by atoms with Gasteiger partial charge in [0.25, 0.3) is 0 Å². The van der Waals surface area contributed by atoms with E-state index in [4.69, 9.17) is 9.47 Å². The molecule has 0 aromatic heterocycles. The Morgan fingerprint density at radius 2 is 1.72 bits per heavy atom. The van der Waals surface area contributed by atoms with Crippen molar-refractivity contribution in [1.82, 2.24) is 0 Å². The molecule has 0 aliphatic rings. The minimum atomic E-state index is -0.0925. The zero-order chi connectivity index (χ0) is 14.2. The van der Waals surface area contributed by atoms with Gasteiger partial charge in [-0.25, -0.2) is 0 Å². The van der Waals surface area contributed by atoms with Gasteiger partial charge in [0, 0.05) is 6.61 Å². The maximum atomic E-state index is 5.87. The SMILES string of the molecule is [CH2]C(CCCC(CC)OCC(C)C)OC(C)(C)C. The molecule has 0 rings (SSSR count). The highest BCUT2D eigenvalue weighted by Gasteiger charge is 2.15. The first-order valence-electron chi connectivity index (χ1n) is 7.37. The summed E-state index contributed by atoms with van der Waals surface area (Å²) in [7, 11) is 0. The van der Waals surface area contributed by atoms with Crippen LogP contribution in [-0.4, -0.2) is 24.4 Å². The maximum Gasteiger partial charge on any atom is 0.0602 e. The molecule has 0 heterocycles. The predicted molar refractivity (Wildman–Crippen MR) is 78.7 cm³/mol. The Morgan fingerprint density at radius 3 is 2.17 bits per heavy atom. The minimum absolute atomic E-state index is 0.0904. The molecular formula is C16H33O2. The standard InChI is InChI=1S/C16H33O2/c1-8-15(17-12-13(2)3)11-9-10-14(4)18-16(5,6)7/h13-15H,4,8-12H2,1-3,5-7H3. The summed E-state index contributed by atoms with van der Waals surface area (Å²) in [6.07, 6.45) is 4.83. The van der Waals surface area contributed by atoms with E-state index in [0.717, 1.165) is 32.3 Å². The van der Waals surface area contributed by atoms with Gasteiger partial charge in [-0.15, -0.1) is 0 Å². The van der Waals surface area contributed by atoms with Crippen molar-refractivity contribution in [3.63, 3.8) is 0 Å². The summed E-state index contributed by atoms with van der Waals surface area (Å²) in [6.45, 7) is 17.7. The molecule has 2 nitrogen and oxygen atoms in total. The van der Waals surface area contributed by atoms with Crippen LogP contribution in [0.25, 0.3) is 0 Å². The van der Waals surface area contributed by atoms with Crippen LogP contribution in [-0.2, 0) is 9.47 Å². The van der Waals surface area contributed by atoms with E-state index >= 15 is 0 Å². The van der Waals surface area contributed by atoms with Crippen molar-refractivity contribution in [1.29, 1.82) is 0 Å². The summed E-state index contributed by atoms with van der Waals surface area (Å²) in [6, 6.07) is 0. The summed E-state index contributed by atoms with van der Waals surface area (Å²) in [5, 5.41) is 0. The van der Waals surface area contributed by atoms with E-state index in [-0.39, 0.29) is 11.7 Å². The van der Waals surface area contributed by atoms with Crippen LogP contribution in [0.3, 0.4) is 0 Å². The van der Waals surface area contributed by atoms with Gasteiger partial charge >= 0.3 is 0 Å². The van der Waals surface area contributed by atoms with Crippen LogP contribution in [0.15, 0.2) is 0 Å². The van der Waals surface area contributed by atoms with E-state index in [1.54, 1.807) is 0 Å². The van der Waals surface area contributed by atoms with Crippen molar-refractivity contribution < 1.29 is 9.47 Å². The molecule has 0 aromatic rings. The number of ether oxygens (including phenoxy) is 2. The van der Waals surface area contributed by atoms with Crippen molar-refractivity contribution >= 4 is 0 Å². The van der Waals surface area contributed by atoms with Gasteiger partial charge in [-0.1, -0.05) is 20.8 Å². The van der Waals surface area contributed by atoms with E-state index in [1.807, 2.05) is 0 Å². The van der Waals surface area contributed by atoms with Gasteiger partial charge in [-0.05, 0) is 59.3 Å². The fraction of sp³-hybridized carbons (Fsp3) is 0.938. The van der Waals surface area contributed by atoms with Crippen molar-refractivity contribution in [3.05, 3.63) is 6.92 Å². The second kappa shape index (κ2) is 8.92. The molecule has 1 radical (unpaired) electrons. The van der Waals surface area contributed by atoms with Gasteiger partial charge in [-0.3, -0.25) is 0 Å². The lowest BCUT2D eigenvalue weighted by Crippen LogP contribution is -2.26. The van der Waals surface area contributed by atoms with Crippen LogP contribution in [0.1, 0.15) is 67.2 Å². The second-order valence-electron chi connectivity index (χ2n) is 6.54.